The van der Waals surface area contributed by atoms with Gasteiger partial charge in [-0.05, 0) is 48.7 Å². The summed E-state index contributed by atoms with van der Waals surface area (Å²) in [6.07, 6.45) is -2.67. The maximum absolute atomic E-state index is 12.3. The van der Waals surface area contributed by atoms with Crippen molar-refractivity contribution in [2.45, 2.75) is 32.7 Å². The third kappa shape index (κ3) is 7.31. The van der Waals surface area contributed by atoms with Gasteiger partial charge < -0.3 is 19.4 Å². The number of hydrogen-bond acceptors (Lipinski definition) is 4. The quantitative estimate of drug-likeness (QED) is 0.405. The molecule has 1 N–H and O–H groups in total. The van der Waals surface area contributed by atoms with Gasteiger partial charge in [0.2, 0.25) is 5.91 Å². The van der Waals surface area contributed by atoms with Gasteiger partial charge in [0.1, 0.15) is 12.3 Å². The summed E-state index contributed by atoms with van der Waals surface area (Å²) < 4.78 is 47.5. The minimum absolute atomic E-state index is 0.0690. The Balaban J connectivity index is 1.56. The van der Waals surface area contributed by atoms with Crippen LogP contribution in [0.1, 0.15) is 25.3 Å². The van der Waals surface area contributed by atoms with Crippen LogP contribution in [-0.2, 0) is 20.9 Å². The summed E-state index contributed by atoms with van der Waals surface area (Å²) in [5.74, 6) is 4.53. The zero-order chi connectivity index (χ0) is 23.8. The molecule has 0 aliphatic rings. The minimum Gasteiger partial charge on any atom is -0.465 e. The second kappa shape index (κ2) is 10.6. The van der Waals surface area contributed by atoms with Gasteiger partial charge in [0.15, 0.2) is 0 Å². The van der Waals surface area contributed by atoms with Gasteiger partial charge in [-0.2, -0.15) is 0 Å². The van der Waals surface area contributed by atoms with Crippen LogP contribution in [0.5, 0.6) is 5.75 Å². The molecule has 1 heterocycles. The summed E-state index contributed by atoms with van der Waals surface area (Å²) in [7, 11) is 0. The topological polar surface area (TPSA) is 69.6 Å². The Morgan fingerprint density at radius 1 is 1.12 bits per heavy atom. The van der Waals surface area contributed by atoms with E-state index in [0.717, 1.165) is 10.9 Å². The van der Waals surface area contributed by atoms with E-state index < -0.39 is 6.36 Å². The smallest absolute Gasteiger partial charge is 0.465 e. The average molecular weight is 458 g/mol. The first-order valence-electron chi connectivity index (χ1n) is 10.1. The summed E-state index contributed by atoms with van der Waals surface area (Å²) in [5.41, 5.74) is 1.70. The lowest BCUT2D eigenvalue weighted by Gasteiger charge is -2.08. The second-order valence-corrected chi connectivity index (χ2v) is 6.95. The Morgan fingerprint density at radius 2 is 1.94 bits per heavy atom. The van der Waals surface area contributed by atoms with E-state index in [9.17, 15) is 22.8 Å². The third-order valence-electron chi connectivity index (χ3n) is 4.44. The van der Waals surface area contributed by atoms with Crippen molar-refractivity contribution in [2.75, 3.05) is 11.9 Å². The number of benzene rings is 2. The maximum atomic E-state index is 12.3. The molecule has 3 aromatic rings. The summed E-state index contributed by atoms with van der Waals surface area (Å²) >= 11 is 0. The molecule has 0 unspecified atom stereocenters. The van der Waals surface area contributed by atoms with Gasteiger partial charge in [-0.3, -0.25) is 9.59 Å². The number of ether oxygens (including phenoxy) is 2. The highest BCUT2D eigenvalue weighted by Crippen LogP contribution is 2.23. The molecule has 1 aromatic heterocycles. The molecule has 1 amide bonds. The molecule has 0 saturated heterocycles. The molecule has 0 aliphatic heterocycles. The van der Waals surface area contributed by atoms with E-state index in [-0.39, 0.29) is 37.0 Å². The number of carbonyl (C=O) groups excluding carboxylic acids is 2. The zero-order valence-electron chi connectivity index (χ0n) is 17.7. The van der Waals surface area contributed by atoms with E-state index in [0.29, 0.717) is 17.9 Å². The van der Waals surface area contributed by atoms with Crippen molar-refractivity contribution in [1.82, 2.24) is 4.57 Å². The molecule has 0 fully saturated rings. The van der Waals surface area contributed by atoms with Crippen molar-refractivity contribution in [2.24, 2.45) is 0 Å². The average Bonchev–Trinajstić information content (AvgIpc) is 3.12. The van der Waals surface area contributed by atoms with Gasteiger partial charge in [0.25, 0.3) is 0 Å². The molecule has 0 atom stereocenters. The summed E-state index contributed by atoms with van der Waals surface area (Å²) in [4.78, 5) is 24.0. The lowest BCUT2D eigenvalue weighted by molar-refractivity contribution is -0.274. The van der Waals surface area contributed by atoms with Crippen molar-refractivity contribution >= 4 is 28.5 Å². The molecule has 9 heteroatoms. The predicted molar refractivity (Wildman–Crippen MR) is 116 cm³/mol. The van der Waals surface area contributed by atoms with Gasteiger partial charge in [-0.15, -0.1) is 13.2 Å². The van der Waals surface area contributed by atoms with Gasteiger partial charge in [-0.1, -0.05) is 24.0 Å². The van der Waals surface area contributed by atoms with Crippen LogP contribution in [0.3, 0.4) is 0 Å². The molecule has 6 nitrogen and oxygen atoms in total. The minimum atomic E-state index is -4.77. The lowest BCUT2D eigenvalue weighted by atomic mass is 10.2. The Kier molecular flexibility index (Phi) is 7.61. The second-order valence-electron chi connectivity index (χ2n) is 6.95. The molecular formula is C24H21F3N2O4. The van der Waals surface area contributed by atoms with Crippen molar-refractivity contribution in [3.05, 3.63) is 60.3 Å². The first-order valence-corrected chi connectivity index (χ1v) is 10.1. The van der Waals surface area contributed by atoms with Gasteiger partial charge >= 0.3 is 12.3 Å². The fourth-order valence-electron chi connectivity index (χ4n) is 3.08. The first-order chi connectivity index (χ1) is 15.7. The van der Waals surface area contributed by atoms with Crippen molar-refractivity contribution in [1.29, 1.82) is 0 Å². The van der Waals surface area contributed by atoms with Crippen LogP contribution in [0.4, 0.5) is 18.9 Å². The van der Waals surface area contributed by atoms with Crippen molar-refractivity contribution in [3.8, 4) is 17.6 Å². The highest BCUT2D eigenvalue weighted by Gasteiger charge is 2.31. The monoisotopic (exact) mass is 458 g/mol. The van der Waals surface area contributed by atoms with Crippen LogP contribution in [0.15, 0.2) is 54.7 Å². The Hall–Kier alpha value is -3.93. The SMILES string of the molecule is CCOC(=O)Cn1ccc2ccc(NC(=O)CCC#Cc3cccc(OC(F)(F)F)c3)cc21. The molecule has 0 bridgehead atoms. The number of nitrogens with zero attached hydrogens (tertiary/aromatic N) is 1. The van der Waals surface area contributed by atoms with E-state index in [1.807, 2.05) is 12.1 Å². The number of fused-ring (bicyclic) bond motifs is 1. The Labute approximate surface area is 188 Å². The summed E-state index contributed by atoms with van der Waals surface area (Å²) in [6.45, 7) is 2.11. The molecule has 3 rings (SSSR count). The lowest BCUT2D eigenvalue weighted by Crippen LogP contribution is -2.17. The number of aromatic nitrogens is 1. The molecule has 0 radical (unpaired) electrons. The van der Waals surface area contributed by atoms with Gasteiger partial charge in [0.05, 0.1) is 12.1 Å². The number of anilines is 1. The molecule has 0 spiro atoms. The Bertz CT molecular complexity index is 1210. The number of rotatable bonds is 7. The third-order valence-corrected chi connectivity index (χ3v) is 4.44. The fraction of sp³-hybridized carbons (Fsp3) is 0.250. The number of amides is 1. The van der Waals surface area contributed by atoms with E-state index in [1.54, 1.807) is 35.9 Å². The highest BCUT2D eigenvalue weighted by molar-refractivity contribution is 5.94. The summed E-state index contributed by atoms with van der Waals surface area (Å²) in [6, 6.07) is 12.6. The molecule has 0 aliphatic carbocycles. The van der Waals surface area contributed by atoms with Crippen molar-refractivity contribution in [3.63, 3.8) is 0 Å². The number of alkyl halides is 3. The van der Waals surface area contributed by atoms with Gasteiger partial charge in [0, 0.05) is 30.3 Å². The van der Waals surface area contributed by atoms with E-state index in [4.69, 9.17) is 4.74 Å². The fourth-order valence-corrected chi connectivity index (χ4v) is 3.08. The highest BCUT2D eigenvalue weighted by atomic mass is 19.4. The van der Waals surface area contributed by atoms with Crippen LogP contribution in [-0.4, -0.2) is 29.4 Å². The van der Waals surface area contributed by atoms with Crippen LogP contribution in [0.25, 0.3) is 10.9 Å². The zero-order valence-corrected chi connectivity index (χ0v) is 17.7. The molecule has 2 aromatic carbocycles. The number of esters is 1. The normalized spacial score (nSPS) is 10.9. The number of carbonyl (C=O) groups is 2. The predicted octanol–water partition coefficient (Wildman–Crippen LogP) is 4.87. The number of halogens is 3. The standard InChI is InChI=1S/C24H21F3N2O4/c1-2-32-23(31)16-29-13-12-18-10-11-19(15-21(18)29)28-22(30)9-4-3-6-17-7-5-8-20(14-17)33-24(25,26)27/h5,7-8,10-15H,2,4,9,16H2,1H3,(H,28,30). The van der Waals surface area contributed by atoms with Crippen LogP contribution < -0.4 is 10.1 Å². The largest absolute Gasteiger partial charge is 0.573 e. The molecular weight excluding hydrogens is 437 g/mol. The van der Waals surface area contributed by atoms with Crippen LogP contribution >= 0.6 is 0 Å². The molecule has 33 heavy (non-hydrogen) atoms. The van der Waals surface area contributed by atoms with E-state index >= 15 is 0 Å². The summed E-state index contributed by atoms with van der Waals surface area (Å²) in [5, 5.41) is 3.70. The van der Waals surface area contributed by atoms with E-state index in [1.165, 1.54) is 18.2 Å². The van der Waals surface area contributed by atoms with Gasteiger partial charge in [-0.25, -0.2) is 0 Å². The Morgan fingerprint density at radius 3 is 2.70 bits per heavy atom. The first kappa shape index (κ1) is 23.7. The number of hydrogen-bond donors (Lipinski definition) is 1. The molecule has 0 saturated carbocycles. The van der Waals surface area contributed by atoms with Crippen molar-refractivity contribution < 1.29 is 32.2 Å². The maximum Gasteiger partial charge on any atom is 0.573 e. The van der Waals surface area contributed by atoms with E-state index in [2.05, 4.69) is 21.9 Å². The number of nitrogens with one attached hydrogen (secondary N) is 1. The van der Waals surface area contributed by atoms with Crippen LogP contribution in [0.2, 0.25) is 0 Å². The van der Waals surface area contributed by atoms with Crippen LogP contribution in [0, 0.1) is 11.8 Å². The molecule has 172 valence electrons.